The molecule has 0 unspecified atom stereocenters. The molecular formula is C21H20ClFN2O2S. The van der Waals surface area contributed by atoms with Crippen molar-refractivity contribution >= 4 is 28.8 Å². The smallest absolute Gasteiger partial charge is 0.228 e. The lowest BCUT2D eigenvalue weighted by atomic mass is 10.2. The Morgan fingerprint density at radius 3 is 2.75 bits per heavy atom. The quantitative estimate of drug-likeness (QED) is 0.529. The van der Waals surface area contributed by atoms with Crippen molar-refractivity contribution in [2.24, 2.45) is 0 Å². The second kappa shape index (κ2) is 9.17. The second-order valence-electron chi connectivity index (χ2n) is 6.18. The Balaban J connectivity index is 1.69. The number of amides is 1. The normalized spacial score (nSPS) is 10.7. The number of likely N-dealkylation sites (N-methyl/N-ethyl adjacent to an activating group) is 1. The van der Waals surface area contributed by atoms with E-state index in [1.807, 2.05) is 36.6 Å². The SMILES string of the molecule is CCN(Cc1ccc(OC)c(F)c1)C(=O)Cc1csc(-c2ccccc2Cl)n1. The number of ether oxygens (including phenoxy) is 1. The number of aromatic nitrogens is 1. The number of nitrogens with zero attached hydrogens (tertiary/aromatic N) is 2. The predicted octanol–water partition coefficient (Wildman–Crippen LogP) is 5.20. The van der Waals surface area contributed by atoms with Crippen LogP contribution in [0.25, 0.3) is 10.6 Å². The lowest BCUT2D eigenvalue weighted by Crippen LogP contribution is -2.31. The van der Waals surface area contributed by atoms with E-state index in [1.54, 1.807) is 17.0 Å². The molecule has 1 amide bonds. The van der Waals surface area contributed by atoms with Crippen molar-refractivity contribution in [3.05, 3.63) is 69.9 Å². The van der Waals surface area contributed by atoms with E-state index in [1.165, 1.54) is 24.5 Å². The molecule has 3 aromatic rings. The van der Waals surface area contributed by atoms with Gasteiger partial charge in [0.05, 0.1) is 24.2 Å². The van der Waals surface area contributed by atoms with Crippen LogP contribution in [0.15, 0.2) is 47.8 Å². The first-order chi connectivity index (χ1) is 13.5. The molecule has 4 nitrogen and oxygen atoms in total. The van der Waals surface area contributed by atoms with Gasteiger partial charge in [-0.15, -0.1) is 11.3 Å². The van der Waals surface area contributed by atoms with Crippen molar-refractivity contribution in [1.82, 2.24) is 9.88 Å². The van der Waals surface area contributed by atoms with Crippen LogP contribution < -0.4 is 4.74 Å². The third-order valence-electron chi connectivity index (χ3n) is 4.31. The molecule has 3 rings (SSSR count). The van der Waals surface area contributed by atoms with Gasteiger partial charge in [0.25, 0.3) is 0 Å². The molecule has 0 N–H and O–H groups in total. The van der Waals surface area contributed by atoms with Gasteiger partial charge in [-0.2, -0.15) is 0 Å². The second-order valence-corrected chi connectivity index (χ2v) is 7.44. The fourth-order valence-electron chi connectivity index (χ4n) is 2.82. The van der Waals surface area contributed by atoms with Gasteiger partial charge in [0, 0.05) is 24.0 Å². The summed E-state index contributed by atoms with van der Waals surface area (Å²) in [5, 5.41) is 3.29. The average molecular weight is 419 g/mol. The number of rotatable bonds is 7. The highest BCUT2D eigenvalue weighted by molar-refractivity contribution is 7.13. The van der Waals surface area contributed by atoms with Crippen LogP contribution in [0.2, 0.25) is 5.02 Å². The van der Waals surface area contributed by atoms with E-state index in [0.717, 1.165) is 10.6 Å². The Morgan fingerprint density at radius 2 is 2.07 bits per heavy atom. The molecule has 28 heavy (non-hydrogen) atoms. The summed E-state index contributed by atoms with van der Waals surface area (Å²) in [5.41, 5.74) is 2.27. The van der Waals surface area contributed by atoms with E-state index in [4.69, 9.17) is 16.3 Å². The predicted molar refractivity (Wildman–Crippen MR) is 110 cm³/mol. The van der Waals surface area contributed by atoms with E-state index < -0.39 is 5.82 Å². The third kappa shape index (κ3) is 4.69. The molecule has 1 aromatic heterocycles. The maximum absolute atomic E-state index is 13.9. The van der Waals surface area contributed by atoms with E-state index in [9.17, 15) is 9.18 Å². The highest BCUT2D eigenvalue weighted by Gasteiger charge is 2.16. The number of hydrogen-bond acceptors (Lipinski definition) is 4. The van der Waals surface area contributed by atoms with Gasteiger partial charge in [-0.1, -0.05) is 35.9 Å². The fraction of sp³-hybridized carbons (Fsp3) is 0.238. The minimum absolute atomic E-state index is 0.0604. The molecule has 0 atom stereocenters. The van der Waals surface area contributed by atoms with Crippen LogP contribution >= 0.6 is 22.9 Å². The number of hydrogen-bond donors (Lipinski definition) is 0. The van der Waals surface area contributed by atoms with Crippen molar-refractivity contribution in [3.8, 4) is 16.3 Å². The van der Waals surface area contributed by atoms with Gasteiger partial charge in [-0.3, -0.25) is 4.79 Å². The lowest BCUT2D eigenvalue weighted by Gasteiger charge is -2.21. The van der Waals surface area contributed by atoms with Crippen LogP contribution in [0.3, 0.4) is 0 Å². The van der Waals surface area contributed by atoms with Crippen molar-refractivity contribution in [3.63, 3.8) is 0 Å². The summed E-state index contributed by atoms with van der Waals surface area (Å²) in [7, 11) is 1.42. The molecule has 0 radical (unpaired) electrons. The number of carbonyl (C=O) groups is 1. The molecule has 0 aliphatic carbocycles. The number of carbonyl (C=O) groups excluding carboxylic acids is 1. The number of methoxy groups -OCH3 is 1. The Kier molecular flexibility index (Phi) is 6.65. The minimum Gasteiger partial charge on any atom is -0.494 e. The van der Waals surface area contributed by atoms with E-state index in [-0.39, 0.29) is 18.1 Å². The monoisotopic (exact) mass is 418 g/mol. The zero-order valence-electron chi connectivity index (χ0n) is 15.6. The summed E-state index contributed by atoms with van der Waals surface area (Å²) < 4.78 is 18.8. The highest BCUT2D eigenvalue weighted by atomic mass is 35.5. The Labute approximate surface area is 172 Å². The Morgan fingerprint density at radius 1 is 1.29 bits per heavy atom. The maximum Gasteiger partial charge on any atom is 0.228 e. The average Bonchev–Trinajstić information content (AvgIpc) is 3.14. The van der Waals surface area contributed by atoms with Crippen LogP contribution in [0.5, 0.6) is 5.75 Å². The van der Waals surface area contributed by atoms with Crippen molar-refractivity contribution < 1.29 is 13.9 Å². The molecule has 7 heteroatoms. The van der Waals surface area contributed by atoms with E-state index >= 15 is 0 Å². The molecule has 2 aromatic carbocycles. The molecule has 0 fully saturated rings. The standard InChI is InChI=1S/C21H20ClFN2O2S/c1-3-25(12-14-8-9-19(27-2)18(23)10-14)20(26)11-15-13-28-21(24-15)16-6-4-5-7-17(16)22/h4-10,13H,3,11-12H2,1-2H3. The number of benzene rings is 2. The van der Waals surface area contributed by atoms with Crippen molar-refractivity contribution in [1.29, 1.82) is 0 Å². The zero-order chi connectivity index (χ0) is 20.1. The topological polar surface area (TPSA) is 42.4 Å². The van der Waals surface area contributed by atoms with Gasteiger partial charge in [0.15, 0.2) is 11.6 Å². The molecule has 0 saturated heterocycles. The third-order valence-corrected chi connectivity index (χ3v) is 5.57. The van der Waals surface area contributed by atoms with Gasteiger partial charge in [0.1, 0.15) is 5.01 Å². The molecular weight excluding hydrogens is 399 g/mol. The maximum atomic E-state index is 13.9. The zero-order valence-corrected chi connectivity index (χ0v) is 17.2. The first-order valence-electron chi connectivity index (χ1n) is 8.81. The van der Waals surface area contributed by atoms with Crippen LogP contribution in [0.4, 0.5) is 4.39 Å². The van der Waals surface area contributed by atoms with Crippen LogP contribution in [-0.2, 0) is 17.8 Å². The molecule has 0 spiro atoms. The van der Waals surface area contributed by atoms with Crippen LogP contribution in [0.1, 0.15) is 18.2 Å². The number of thiazole rings is 1. The van der Waals surface area contributed by atoms with Crippen molar-refractivity contribution in [2.75, 3.05) is 13.7 Å². The van der Waals surface area contributed by atoms with Crippen LogP contribution in [-0.4, -0.2) is 29.4 Å². The first-order valence-corrected chi connectivity index (χ1v) is 10.1. The Hall–Kier alpha value is -2.44. The lowest BCUT2D eigenvalue weighted by molar-refractivity contribution is -0.130. The van der Waals surface area contributed by atoms with E-state index in [0.29, 0.717) is 29.4 Å². The molecule has 0 bridgehead atoms. The molecule has 146 valence electrons. The summed E-state index contributed by atoms with van der Waals surface area (Å²) >= 11 is 7.68. The van der Waals surface area contributed by atoms with Crippen molar-refractivity contribution in [2.45, 2.75) is 19.9 Å². The summed E-state index contributed by atoms with van der Waals surface area (Å²) in [4.78, 5) is 18.9. The summed E-state index contributed by atoms with van der Waals surface area (Å²) in [6.45, 7) is 2.75. The molecule has 0 aliphatic heterocycles. The Bertz CT molecular complexity index is 977. The fourth-order valence-corrected chi connectivity index (χ4v) is 3.96. The summed E-state index contributed by atoms with van der Waals surface area (Å²) in [5.74, 6) is -0.310. The highest BCUT2D eigenvalue weighted by Crippen LogP contribution is 2.30. The minimum atomic E-state index is -0.438. The van der Waals surface area contributed by atoms with Gasteiger partial charge in [-0.25, -0.2) is 9.37 Å². The summed E-state index contributed by atoms with van der Waals surface area (Å²) in [6, 6.07) is 12.2. The van der Waals surface area contributed by atoms with Gasteiger partial charge in [-0.05, 0) is 30.7 Å². The van der Waals surface area contributed by atoms with Gasteiger partial charge >= 0.3 is 0 Å². The van der Waals surface area contributed by atoms with Crippen LogP contribution in [0, 0.1) is 5.82 Å². The molecule has 1 heterocycles. The largest absolute Gasteiger partial charge is 0.494 e. The first kappa shape index (κ1) is 20.3. The van der Waals surface area contributed by atoms with E-state index in [2.05, 4.69) is 4.98 Å². The molecule has 0 aliphatic rings. The number of halogens is 2. The summed E-state index contributed by atoms with van der Waals surface area (Å²) in [6.07, 6.45) is 0.188. The molecule has 0 saturated carbocycles. The van der Waals surface area contributed by atoms with Gasteiger partial charge < -0.3 is 9.64 Å². The van der Waals surface area contributed by atoms with Gasteiger partial charge in [0.2, 0.25) is 5.91 Å².